The molecule has 0 spiro atoms. The first-order valence-electron chi connectivity index (χ1n) is 14.8. The molecular weight excluding hydrogens is 520 g/mol. The van der Waals surface area contributed by atoms with Crippen LogP contribution in [0.5, 0.6) is 0 Å². The Balaban J connectivity index is 1.35. The quantitative estimate of drug-likeness (QED) is 0.201. The lowest BCUT2D eigenvalue weighted by Crippen LogP contribution is -1.92. The highest BCUT2D eigenvalue weighted by Crippen LogP contribution is 2.46. The van der Waals surface area contributed by atoms with Gasteiger partial charge in [-0.2, -0.15) is 0 Å². The number of para-hydroxylation sites is 1. The van der Waals surface area contributed by atoms with E-state index in [2.05, 4.69) is 146 Å². The van der Waals surface area contributed by atoms with Gasteiger partial charge in [-0.1, -0.05) is 133 Å². The van der Waals surface area contributed by atoms with Crippen molar-refractivity contribution in [2.45, 2.75) is 0 Å². The Morgan fingerprint density at radius 1 is 0.302 bits per heavy atom. The molecule has 0 aliphatic carbocycles. The highest BCUT2D eigenvalue weighted by Gasteiger charge is 2.19. The Labute approximate surface area is 249 Å². The minimum atomic E-state index is 0.915. The van der Waals surface area contributed by atoms with Gasteiger partial charge in [0, 0.05) is 10.8 Å². The molecule has 0 N–H and O–H groups in total. The van der Waals surface area contributed by atoms with Crippen molar-refractivity contribution in [3.8, 4) is 33.4 Å². The van der Waals surface area contributed by atoms with Crippen LogP contribution in [0, 0.1) is 0 Å². The van der Waals surface area contributed by atoms with E-state index in [4.69, 9.17) is 4.42 Å². The van der Waals surface area contributed by atoms with E-state index in [0.717, 1.165) is 21.9 Å². The summed E-state index contributed by atoms with van der Waals surface area (Å²) in [5.41, 5.74) is 9.25. The molecular formula is C42H26O. The lowest BCUT2D eigenvalue weighted by molar-refractivity contribution is 0.669. The van der Waals surface area contributed by atoms with Gasteiger partial charge in [0.1, 0.15) is 11.2 Å². The van der Waals surface area contributed by atoms with Crippen LogP contribution in [0.4, 0.5) is 0 Å². The van der Waals surface area contributed by atoms with E-state index in [1.807, 2.05) is 12.1 Å². The van der Waals surface area contributed by atoms with Gasteiger partial charge in [-0.25, -0.2) is 0 Å². The molecule has 0 saturated carbocycles. The molecule has 8 aromatic carbocycles. The van der Waals surface area contributed by atoms with Crippen LogP contribution >= 0.6 is 0 Å². The third-order valence-electron chi connectivity index (χ3n) is 8.85. The summed E-state index contributed by atoms with van der Waals surface area (Å²) in [6.07, 6.45) is 0. The summed E-state index contributed by atoms with van der Waals surface area (Å²) in [5, 5.41) is 9.84. The molecule has 9 rings (SSSR count). The van der Waals surface area contributed by atoms with E-state index in [1.165, 1.54) is 65.7 Å². The molecule has 0 bridgehead atoms. The molecule has 0 saturated heterocycles. The summed E-state index contributed by atoms with van der Waals surface area (Å²) >= 11 is 0. The van der Waals surface area contributed by atoms with Crippen molar-refractivity contribution in [3.05, 3.63) is 158 Å². The smallest absolute Gasteiger partial charge is 0.135 e. The SMILES string of the molecule is c1ccc(-c2c3ccccc3c(-c3ccc4ccccc4c3)c3ccccc23)c(-c2ccc3oc4ccccc4c3c2)c1. The van der Waals surface area contributed by atoms with Crippen molar-refractivity contribution in [1.29, 1.82) is 0 Å². The van der Waals surface area contributed by atoms with Crippen LogP contribution in [-0.4, -0.2) is 0 Å². The molecule has 0 atom stereocenters. The van der Waals surface area contributed by atoms with Crippen molar-refractivity contribution in [2.24, 2.45) is 0 Å². The van der Waals surface area contributed by atoms with Gasteiger partial charge < -0.3 is 4.42 Å². The zero-order chi connectivity index (χ0) is 28.3. The Morgan fingerprint density at radius 2 is 0.837 bits per heavy atom. The molecule has 0 fully saturated rings. The number of rotatable bonds is 3. The second-order valence-electron chi connectivity index (χ2n) is 11.3. The first kappa shape index (κ1) is 24.0. The van der Waals surface area contributed by atoms with Crippen LogP contribution < -0.4 is 0 Å². The van der Waals surface area contributed by atoms with Gasteiger partial charge in [0.15, 0.2) is 0 Å². The zero-order valence-corrected chi connectivity index (χ0v) is 23.4. The average Bonchev–Trinajstić information content (AvgIpc) is 3.45. The van der Waals surface area contributed by atoms with Crippen LogP contribution in [0.2, 0.25) is 0 Å². The van der Waals surface area contributed by atoms with Crippen LogP contribution in [0.1, 0.15) is 0 Å². The van der Waals surface area contributed by atoms with Gasteiger partial charge in [-0.15, -0.1) is 0 Å². The monoisotopic (exact) mass is 546 g/mol. The fourth-order valence-corrected chi connectivity index (χ4v) is 6.92. The maximum atomic E-state index is 6.16. The van der Waals surface area contributed by atoms with Gasteiger partial charge in [-0.05, 0) is 90.0 Å². The van der Waals surface area contributed by atoms with E-state index in [0.29, 0.717) is 0 Å². The minimum Gasteiger partial charge on any atom is -0.456 e. The first-order chi connectivity index (χ1) is 21.3. The van der Waals surface area contributed by atoms with Crippen molar-refractivity contribution in [2.75, 3.05) is 0 Å². The standard InChI is InChI=1S/C42H26O/c1-2-12-28-25-30(22-21-27(28)11-1)41-34-16-5-7-18-36(34)42(37-19-8-6-17-35(37)41)33-15-4-3-13-31(33)29-23-24-40-38(26-29)32-14-9-10-20-39(32)43-40/h1-26H. The molecule has 0 aliphatic heterocycles. The number of furan rings is 1. The summed E-state index contributed by atoms with van der Waals surface area (Å²) in [7, 11) is 0. The summed E-state index contributed by atoms with van der Waals surface area (Å²) in [5.74, 6) is 0. The second-order valence-corrected chi connectivity index (χ2v) is 11.3. The van der Waals surface area contributed by atoms with Crippen molar-refractivity contribution in [3.63, 3.8) is 0 Å². The summed E-state index contributed by atoms with van der Waals surface area (Å²) in [6, 6.07) is 56.9. The van der Waals surface area contributed by atoms with Crippen LogP contribution in [-0.2, 0) is 0 Å². The topological polar surface area (TPSA) is 13.1 Å². The van der Waals surface area contributed by atoms with Gasteiger partial charge in [0.2, 0.25) is 0 Å². The summed E-state index contributed by atoms with van der Waals surface area (Å²) in [6.45, 7) is 0. The molecule has 200 valence electrons. The summed E-state index contributed by atoms with van der Waals surface area (Å²) < 4.78 is 6.16. The third-order valence-corrected chi connectivity index (χ3v) is 8.85. The molecule has 0 aliphatic rings. The molecule has 1 aromatic heterocycles. The molecule has 0 unspecified atom stereocenters. The van der Waals surface area contributed by atoms with Gasteiger partial charge in [-0.3, -0.25) is 0 Å². The van der Waals surface area contributed by atoms with E-state index in [9.17, 15) is 0 Å². The van der Waals surface area contributed by atoms with Crippen molar-refractivity contribution >= 4 is 54.3 Å². The molecule has 0 amide bonds. The Kier molecular flexibility index (Phi) is 5.27. The maximum absolute atomic E-state index is 6.16. The lowest BCUT2D eigenvalue weighted by atomic mass is 9.83. The molecule has 1 heterocycles. The highest BCUT2D eigenvalue weighted by molar-refractivity contribution is 6.23. The van der Waals surface area contributed by atoms with E-state index in [1.54, 1.807) is 0 Å². The highest BCUT2D eigenvalue weighted by atomic mass is 16.3. The maximum Gasteiger partial charge on any atom is 0.135 e. The second kappa shape index (κ2) is 9.44. The van der Waals surface area contributed by atoms with E-state index < -0.39 is 0 Å². The predicted molar refractivity (Wildman–Crippen MR) is 183 cm³/mol. The van der Waals surface area contributed by atoms with Gasteiger partial charge in [0.05, 0.1) is 0 Å². The Hall–Kier alpha value is -5.66. The fourth-order valence-electron chi connectivity index (χ4n) is 6.92. The number of hydrogen-bond acceptors (Lipinski definition) is 1. The predicted octanol–water partition coefficient (Wildman–Crippen LogP) is 12.0. The first-order valence-corrected chi connectivity index (χ1v) is 14.8. The Morgan fingerprint density at radius 3 is 1.58 bits per heavy atom. The number of fused-ring (bicyclic) bond motifs is 6. The lowest BCUT2D eigenvalue weighted by Gasteiger charge is -2.20. The van der Waals surface area contributed by atoms with E-state index >= 15 is 0 Å². The third kappa shape index (κ3) is 3.72. The van der Waals surface area contributed by atoms with Crippen LogP contribution in [0.3, 0.4) is 0 Å². The van der Waals surface area contributed by atoms with E-state index in [-0.39, 0.29) is 0 Å². The van der Waals surface area contributed by atoms with Crippen molar-refractivity contribution in [1.82, 2.24) is 0 Å². The normalized spacial score (nSPS) is 11.7. The zero-order valence-electron chi connectivity index (χ0n) is 23.4. The average molecular weight is 547 g/mol. The molecule has 9 aromatic rings. The van der Waals surface area contributed by atoms with Crippen LogP contribution in [0.25, 0.3) is 87.6 Å². The molecule has 43 heavy (non-hydrogen) atoms. The Bertz CT molecular complexity index is 2460. The van der Waals surface area contributed by atoms with Crippen molar-refractivity contribution < 1.29 is 4.42 Å². The molecule has 1 nitrogen and oxygen atoms in total. The van der Waals surface area contributed by atoms with Gasteiger partial charge >= 0.3 is 0 Å². The number of hydrogen-bond donors (Lipinski definition) is 0. The number of benzene rings is 8. The molecule has 1 heteroatoms. The van der Waals surface area contributed by atoms with Crippen LogP contribution in [0.15, 0.2) is 162 Å². The minimum absolute atomic E-state index is 0.915. The molecule has 0 radical (unpaired) electrons. The largest absolute Gasteiger partial charge is 0.456 e. The van der Waals surface area contributed by atoms with Gasteiger partial charge in [0.25, 0.3) is 0 Å². The summed E-state index contributed by atoms with van der Waals surface area (Å²) in [4.78, 5) is 0. The fraction of sp³-hybridized carbons (Fsp3) is 0.